The van der Waals surface area contributed by atoms with Crippen LogP contribution in [-0.4, -0.2) is 5.11 Å². The molecule has 0 radical (unpaired) electrons. The predicted molar refractivity (Wildman–Crippen MR) is 72.3 cm³/mol. The lowest BCUT2D eigenvalue weighted by atomic mass is 9.70. The number of fused-ring (bicyclic) bond motifs is 1. The number of hydrogen-bond donors (Lipinski definition) is 1. The van der Waals surface area contributed by atoms with E-state index in [0.717, 1.165) is 12.8 Å². The molecular formula is C16H19FO2. The highest BCUT2D eigenvalue weighted by molar-refractivity contribution is 5.78. The predicted octanol–water partition coefficient (Wildman–Crippen LogP) is 4.36. The maximum atomic E-state index is 13.6. The zero-order valence-electron chi connectivity index (χ0n) is 11.4. The van der Waals surface area contributed by atoms with E-state index in [1.54, 1.807) is 12.1 Å². The monoisotopic (exact) mass is 262 g/mol. The lowest BCUT2D eigenvalue weighted by Gasteiger charge is -2.38. The molecule has 102 valence electrons. The van der Waals surface area contributed by atoms with Crippen molar-refractivity contribution < 1.29 is 13.9 Å². The minimum atomic E-state index is -0.943. The van der Waals surface area contributed by atoms with Gasteiger partial charge in [-0.25, -0.2) is 4.39 Å². The van der Waals surface area contributed by atoms with Crippen LogP contribution in [0.4, 0.5) is 4.39 Å². The van der Waals surface area contributed by atoms with Crippen LogP contribution in [0.25, 0.3) is 11.0 Å². The fourth-order valence-corrected chi connectivity index (χ4v) is 2.84. The number of benzene rings is 1. The van der Waals surface area contributed by atoms with Gasteiger partial charge >= 0.3 is 0 Å². The molecule has 1 heterocycles. The number of furan rings is 1. The summed E-state index contributed by atoms with van der Waals surface area (Å²) in [6, 6.07) is 6.62. The van der Waals surface area contributed by atoms with Crippen molar-refractivity contribution in [3.63, 3.8) is 0 Å². The van der Waals surface area contributed by atoms with E-state index in [9.17, 15) is 9.50 Å². The van der Waals surface area contributed by atoms with Gasteiger partial charge in [-0.05, 0) is 43.2 Å². The van der Waals surface area contributed by atoms with Crippen molar-refractivity contribution in [1.29, 1.82) is 0 Å². The molecule has 1 aromatic carbocycles. The van der Waals surface area contributed by atoms with Gasteiger partial charge in [0, 0.05) is 5.39 Å². The second kappa shape index (κ2) is 4.07. The molecule has 1 aromatic heterocycles. The Morgan fingerprint density at radius 3 is 2.47 bits per heavy atom. The summed E-state index contributed by atoms with van der Waals surface area (Å²) < 4.78 is 19.2. The van der Waals surface area contributed by atoms with Gasteiger partial charge in [-0.2, -0.15) is 0 Å². The lowest BCUT2D eigenvalue weighted by Crippen LogP contribution is -2.34. The van der Waals surface area contributed by atoms with Crippen molar-refractivity contribution in [3.05, 3.63) is 35.8 Å². The van der Waals surface area contributed by atoms with Crippen molar-refractivity contribution in [2.24, 2.45) is 5.41 Å². The molecule has 19 heavy (non-hydrogen) atoms. The molecule has 1 N–H and O–H groups in total. The molecule has 1 saturated carbocycles. The SMILES string of the molecule is CC1(C)CCC(O)(c2cc3cccc(F)c3o2)CC1. The average Bonchev–Trinajstić information content (AvgIpc) is 2.80. The molecule has 1 aliphatic carbocycles. The first kappa shape index (κ1) is 12.7. The van der Waals surface area contributed by atoms with Crippen LogP contribution in [0.1, 0.15) is 45.3 Å². The van der Waals surface area contributed by atoms with Crippen LogP contribution in [0.3, 0.4) is 0 Å². The first-order valence-corrected chi connectivity index (χ1v) is 6.81. The maximum Gasteiger partial charge on any atom is 0.170 e. The van der Waals surface area contributed by atoms with Crippen LogP contribution in [0.2, 0.25) is 0 Å². The van der Waals surface area contributed by atoms with Gasteiger partial charge in [0.1, 0.15) is 11.4 Å². The molecule has 3 rings (SSSR count). The van der Waals surface area contributed by atoms with Gasteiger partial charge in [-0.1, -0.05) is 26.0 Å². The number of rotatable bonds is 1. The van der Waals surface area contributed by atoms with Gasteiger partial charge in [-0.15, -0.1) is 0 Å². The zero-order valence-corrected chi connectivity index (χ0v) is 11.4. The van der Waals surface area contributed by atoms with E-state index in [0.29, 0.717) is 24.0 Å². The quantitative estimate of drug-likeness (QED) is 0.828. The molecule has 2 nitrogen and oxygen atoms in total. The van der Waals surface area contributed by atoms with E-state index in [1.165, 1.54) is 6.07 Å². The summed E-state index contributed by atoms with van der Waals surface area (Å²) in [5.41, 5.74) is -0.430. The first-order chi connectivity index (χ1) is 8.90. The molecule has 2 aromatic rings. The molecular weight excluding hydrogens is 243 g/mol. The largest absolute Gasteiger partial charge is 0.455 e. The Morgan fingerprint density at radius 2 is 1.84 bits per heavy atom. The average molecular weight is 262 g/mol. The summed E-state index contributed by atoms with van der Waals surface area (Å²) in [5.74, 6) is 0.131. The van der Waals surface area contributed by atoms with E-state index < -0.39 is 5.60 Å². The summed E-state index contributed by atoms with van der Waals surface area (Å²) in [7, 11) is 0. The fraction of sp³-hybridized carbons (Fsp3) is 0.500. The second-order valence-corrected chi connectivity index (χ2v) is 6.46. The molecule has 0 unspecified atom stereocenters. The number of hydrogen-bond acceptors (Lipinski definition) is 2. The summed E-state index contributed by atoms with van der Waals surface area (Å²) in [4.78, 5) is 0. The van der Waals surface area contributed by atoms with Gasteiger partial charge in [0.2, 0.25) is 0 Å². The highest BCUT2D eigenvalue weighted by atomic mass is 19.1. The Kier molecular flexibility index (Phi) is 2.72. The third-order valence-corrected chi connectivity index (χ3v) is 4.39. The van der Waals surface area contributed by atoms with Crippen molar-refractivity contribution in [3.8, 4) is 0 Å². The summed E-state index contributed by atoms with van der Waals surface area (Å²) >= 11 is 0. The third-order valence-electron chi connectivity index (χ3n) is 4.39. The van der Waals surface area contributed by atoms with E-state index in [-0.39, 0.29) is 16.8 Å². The van der Waals surface area contributed by atoms with Crippen LogP contribution in [0.5, 0.6) is 0 Å². The Bertz CT molecular complexity index is 602. The van der Waals surface area contributed by atoms with Crippen molar-refractivity contribution in [1.82, 2.24) is 0 Å². The summed E-state index contributed by atoms with van der Waals surface area (Å²) in [6.07, 6.45) is 3.23. The molecule has 1 fully saturated rings. The maximum absolute atomic E-state index is 13.6. The third kappa shape index (κ3) is 2.16. The Balaban J connectivity index is 1.98. The lowest BCUT2D eigenvalue weighted by molar-refractivity contribution is -0.0456. The van der Waals surface area contributed by atoms with Crippen LogP contribution < -0.4 is 0 Å². The molecule has 0 amide bonds. The highest BCUT2D eigenvalue weighted by Gasteiger charge is 2.40. The number of halogens is 1. The topological polar surface area (TPSA) is 33.4 Å². The van der Waals surface area contributed by atoms with Gasteiger partial charge in [0.05, 0.1) is 0 Å². The van der Waals surface area contributed by atoms with E-state index in [1.807, 2.05) is 6.07 Å². The smallest absolute Gasteiger partial charge is 0.170 e. The van der Waals surface area contributed by atoms with E-state index in [2.05, 4.69) is 13.8 Å². The molecule has 0 spiro atoms. The van der Waals surface area contributed by atoms with E-state index >= 15 is 0 Å². The molecule has 0 saturated heterocycles. The zero-order chi connectivity index (χ0) is 13.7. The van der Waals surface area contributed by atoms with Gasteiger partial charge in [0.25, 0.3) is 0 Å². The van der Waals surface area contributed by atoms with E-state index in [4.69, 9.17) is 4.42 Å². The second-order valence-electron chi connectivity index (χ2n) is 6.46. The first-order valence-electron chi connectivity index (χ1n) is 6.81. The Hall–Kier alpha value is -1.35. The Labute approximate surface area is 112 Å². The molecule has 0 atom stereocenters. The van der Waals surface area contributed by atoms with Crippen LogP contribution in [-0.2, 0) is 5.60 Å². The van der Waals surface area contributed by atoms with Gasteiger partial charge < -0.3 is 9.52 Å². The van der Waals surface area contributed by atoms with Gasteiger partial charge in [0.15, 0.2) is 11.4 Å². The fourth-order valence-electron chi connectivity index (χ4n) is 2.84. The molecule has 0 bridgehead atoms. The molecule has 0 aliphatic heterocycles. The summed E-state index contributed by atoms with van der Waals surface area (Å²) in [6.45, 7) is 4.43. The van der Waals surface area contributed by atoms with Gasteiger partial charge in [-0.3, -0.25) is 0 Å². The number of para-hydroxylation sites is 1. The standard InChI is InChI=1S/C16H19FO2/c1-15(2)6-8-16(18,9-7-15)13-10-11-4-3-5-12(17)14(11)19-13/h3-5,10,18H,6-9H2,1-2H3. The Morgan fingerprint density at radius 1 is 1.16 bits per heavy atom. The minimum Gasteiger partial charge on any atom is -0.455 e. The highest BCUT2D eigenvalue weighted by Crippen LogP contribution is 2.46. The van der Waals surface area contributed by atoms with Crippen molar-refractivity contribution in [2.45, 2.75) is 45.1 Å². The molecule has 3 heteroatoms. The number of aliphatic hydroxyl groups is 1. The van der Waals surface area contributed by atoms with Crippen LogP contribution in [0.15, 0.2) is 28.7 Å². The normalized spacial score (nSPS) is 21.7. The van der Waals surface area contributed by atoms with Crippen molar-refractivity contribution >= 4 is 11.0 Å². The summed E-state index contributed by atoms with van der Waals surface area (Å²) in [5, 5.41) is 11.5. The van der Waals surface area contributed by atoms with Crippen LogP contribution >= 0.6 is 0 Å². The van der Waals surface area contributed by atoms with Crippen molar-refractivity contribution in [2.75, 3.05) is 0 Å². The molecule has 1 aliphatic rings. The van der Waals surface area contributed by atoms with Crippen LogP contribution in [0, 0.1) is 11.2 Å². The minimum absolute atomic E-state index is 0.246.